The van der Waals surface area contributed by atoms with Gasteiger partial charge in [0.1, 0.15) is 5.82 Å². The van der Waals surface area contributed by atoms with Crippen LogP contribution < -0.4 is 5.73 Å². The number of amidine groups is 1. The van der Waals surface area contributed by atoms with Crippen LogP contribution in [0.15, 0.2) is 28.7 Å². The van der Waals surface area contributed by atoms with E-state index < -0.39 is 10.1 Å². The minimum atomic E-state index is -3.67. The van der Waals surface area contributed by atoms with Gasteiger partial charge in [-0.3, -0.25) is 9.96 Å². The average Bonchev–Trinajstić information content (AvgIpc) is 2.46. The van der Waals surface area contributed by atoms with Crippen molar-refractivity contribution in [3.63, 3.8) is 0 Å². The summed E-state index contributed by atoms with van der Waals surface area (Å²) in [5.41, 5.74) is 7.47. The fourth-order valence-electron chi connectivity index (χ4n) is 1.97. The van der Waals surface area contributed by atoms with Crippen molar-refractivity contribution in [3.05, 3.63) is 40.1 Å². The molecule has 6 nitrogen and oxygen atoms in total. The molecule has 0 saturated heterocycles. The molecule has 24 heavy (non-hydrogen) atoms. The van der Waals surface area contributed by atoms with Gasteiger partial charge in [-0.1, -0.05) is 23.9 Å². The lowest BCUT2D eigenvalue weighted by Crippen LogP contribution is -2.21. The van der Waals surface area contributed by atoms with Crippen molar-refractivity contribution in [3.8, 4) is 0 Å². The third kappa shape index (κ3) is 8.25. The quantitative estimate of drug-likeness (QED) is 0.378. The predicted octanol–water partition coefficient (Wildman–Crippen LogP) is 2.75. The van der Waals surface area contributed by atoms with Gasteiger partial charge in [0.2, 0.25) is 0 Å². The Hall–Kier alpha value is -0.940. The lowest BCUT2D eigenvalue weighted by atomic mass is 9.93. The Morgan fingerprint density at radius 1 is 1.58 bits per heavy atom. The van der Waals surface area contributed by atoms with Crippen molar-refractivity contribution < 1.29 is 22.1 Å². The first kappa shape index (κ1) is 21.1. The molecule has 0 aromatic heterocycles. The summed E-state index contributed by atoms with van der Waals surface area (Å²) in [6, 6.07) is 4.99. The van der Waals surface area contributed by atoms with E-state index in [1.54, 1.807) is 12.1 Å². The van der Waals surface area contributed by atoms with E-state index >= 15 is 0 Å². The van der Waals surface area contributed by atoms with Gasteiger partial charge in [-0.15, -0.1) is 0 Å². The lowest BCUT2D eigenvalue weighted by molar-refractivity contribution is 0.137. The third-order valence-electron chi connectivity index (χ3n) is 2.87. The molecule has 0 aliphatic carbocycles. The Kier molecular flexibility index (Phi) is 8.37. The molecule has 0 fully saturated rings. The molecular weight excluding hydrogens is 423 g/mol. The first-order chi connectivity index (χ1) is 11.1. The zero-order chi connectivity index (χ0) is 18.3. The monoisotopic (exact) mass is 440 g/mol. The zero-order valence-electron chi connectivity index (χ0n) is 12.8. The van der Waals surface area contributed by atoms with Gasteiger partial charge in [-0.2, -0.15) is 8.42 Å². The molecule has 2 rings (SSSR count). The minimum Gasteiger partial charge on any atom is -0.379 e. The Labute approximate surface area is 153 Å². The maximum Gasteiger partial charge on any atom is 0.261 e. The van der Waals surface area contributed by atoms with Gasteiger partial charge in [0.15, 0.2) is 5.17 Å². The largest absolute Gasteiger partial charge is 0.379 e. The van der Waals surface area contributed by atoms with Crippen LogP contribution in [-0.2, 0) is 14.9 Å². The number of nitrogens with one attached hydrogen (secondary N) is 1. The second kappa shape index (κ2) is 9.52. The molecule has 1 aromatic carbocycles. The number of ether oxygens (including phenoxy) is 1. The van der Waals surface area contributed by atoms with Crippen LogP contribution in [0.3, 0.4) is 0 Å². The fourth-order valence-corrected chi connectivity index (χ4v) is 3.01. The van der Waals surface area contributed by atoms with Crippen LogP contribution in [0.1, 0.15) is 5.56 Å². The maximum atomic E-state index is 13.3. The number of halogens is 2. The van der Waals surface area contributed by atoms with Crippen LogP contribution in [0.5, 0.6) is 0 Å². The second-order valence-electron chi connectivity index (χ2n) is 4.93. The zero-order valence-corrected chi connectivity index (χ0v) is 16.0. The van der Waals surface area contributed by atoms with Crippen LogP contribution in [-0.4, -0.2) is 43.4 Å². The number of rotatable bonds is 3. The van der Waals surface area contributed by atoms with Gasteiger partial charge in [0, 0.05) is 11.7 Å². The molecule has 4 N–H and O–H groups in total. The van der Waals surface area contributed by atoms with E-state index in [4.69, 9.17) is 20.4 Å². The van der Waals surface area contributed by atoms with E-state index in [2.05, 4.69) is 15.9 Å². The Morgan fingerprint density at radius 2 is 2.21 bits per heavy atom. The van der Waals surface area contributed by atoms with Crippen molar-refractivity contribution >= 4 is 48.6 Å². The molecule has 1 aromatic rings. The molecule has 1 atom stereocenters. The van der Waals surface area contributed by atoms with Crippen molar-refractivity contribution in [2.45, 2.75) is 0 Å². The van der Waals surface area contributed by atoms with Gasteiger partial charge < -0.3 is 10.5 Å². The standard InChI is InChI=1S/C13H14BrFN2OS.CH4O3S/c14-11-5-8(1-2-12(11)15)10-3-4-18-6-9(10)7-19-13(16)17;1-5(2,3)4/h1-3,5,9H,4,6-7H2,(H3,16,17);1H3,(H,2,3,4). The summed E-state index contributed by atoms with van der Waals surface area (Å²) in [4.78, 5) is 0. The van der Waals surface area contributed by atoms with Crippen molar-refractivity contribution in [1.82, 2.24) is 0 Å². The molecule has 134 valence electrons. The van der Waals surface area contributed by atoms with Crippen LogP contribution in [0.2, 0.25) is 0 Å². The predicted molar refractivity (Wildman–Crippen MR) is 98.2 cm³/mol. The van der Waals surface area contributed by atoms with Crippen LogP contribution in [0.4, 0.5) is 4.39 Å². The molecule has 1 aliphatic heterocycles. The van der Waals surface area contributed by atoms with Crippen LogP contribution in [0, 0.1) is 17.1 Å². The summed E-state index contributed by atoms with van der Waals surface area (Å²) in [5, 5.41) is 7.37. The van der Waals surface area contributed by atoms with E-state index in [1.165, 1.54) is 17.8 Å². The highest BCUT2D eigenvalue weighted by Crippen LogP contribution is 2.31. The van der Waals surface area contributed by atoms with Crippen molar-refractivity contribution in [2.75, 3.05) is 25.2 Å². The maximum absolute atomic E-state index is 13.3. The summed E-state index contributed by atoms with van der Waals surface area (Å²) < 4.78 is 45.0. The first-order valence-corrected chi connectivity index (χ1v) is 10.3. The average molecular weight is 441 g/mol. The molecule has 1 unspecified atom stereocenters. The Morgan fingerprint density at radius 3 is 2.75 bits per heavy atom. The SMILES string of the molecule is CS(=O)(=O)O.N=C(N)SCC1COCC=C1c1ccc(F)c(Br)c1. The lowest BCUT2D eigenvalue weighted by Gasteiger charge is -2.24. The highest BCUT2D eigenvalue weighted by molar-refractivity contribution is 9.10. The third-order valence-corrected chi connectivity index (χ3v) is 4.36. The van der Waals surface area contributed by atoms with Gasteiger partial charge >= 0.3 is 0 Å². The Balaban J connectivity index is 0.000000505. The number of nitrogens with two attached hydrogens (primary N) is 1. The molecule has 0 bridgehead atoms. The van der Waals surface area contributed by atoms with Gasteiger partial charge in [-0.25, -0.2) is 4.39 Å². The summed E-state index contributed by atoms with van der Waals surface area (Å²) >= 11 is 4.50. The normalized spacial score (nSPS) is 17.5. The van der Waals surface area contributed by atoms with E-state index in [1.807, 2.05) is 6.08 Å². The molecule has 10 heteroatoms. The highest BCUT2D eigenvalue weighted by Gasteiger charge is 2.20. The van der Waals surface area contributed by atoms with Crippen LogP contribution >= 0.6 is 27.7 Å². The van der Waals surface area contributed by atoms with E-state index in [0.717, 1.165) is 11.1 Å². The first-order valence-electron chi connectivity index (χ1n) is 6.70. The molecule has 0 saturated carbocycles. The minimum absolute atomic E-state index is 0.102. The second-order valence-corrected chi connectivity index (χ2v) is 8.31. The fraction of sp³-hybridized carbons (Fsp3) is 0.357. The number of benzene rings is 1. The van der Waals surface area contributed by atoms with Gasteiger partial charge in [0.05, 0.1) is 23.9 Å². The molecular formula is C14H18BrFN2O4S2. The summed E-state index contributed by atoms with van der Waals surface area (Å²) in [5.74, 6) is 0.585. The van der Waals surface area contributed by atoms with E-state index in [9.17, 15) is 12.8 Å². The van der Waals surface area contributed by atoms with E-state index in [0.29, 0.717) is 29.7 Å². The molecule has 0 radical (unpaired) electrons. The van der Waals surface area contributed by atoms with Gasteiger partial charge in [0.25, 0.3) is 10.1 Å². The van der Waals surface area contributed by atoms with Crippen molar-refractivity contribution in [2.24, 2.45) is 11.7 Å². The highest BCUT2D eigenvalue weighted by atomic mass is 79.9. The summed E-state index contributed by atoms with van der Waals surface area (Å²) in [7, 11) is -3.67. The van der Waals surface area contributed by atoms with Gasteiger partial charge in [-0.05, 0) is 39.2 Å². The summed E-state index contributed by atoms with van der Waals surface area (Å²) in [6.07, 6.45) is 2.72. The number of thioether (sulfide) groups is 1. The number of hydrogen-bond donors (Lipinski definition) is 3. The molecule has 0 spiro atoms. The molecule has 0 amide bonds. The van der Waals surface area contributed by atoms with E-state index in [-0.39, 0.29) is 16.9 Å². The Bertz CT molecular complexity index is 717. The van der Waals surface area contributed by atoms with Crippen LogP contribution in [0.25, 0.3) is 5.57 Å². The summed E-state index contributed by atoms with van der Waals surface area (Å²) in [6.45, 7) is 1.16. The smallest absolute Gasteiger partial charge is 0.261 e. The molecule has 1 heterocycles. The topological polar surface area (TPSA) is 113 Å². The van der Waals surface area contributed by atoms with Crippen molar-refractivity contribution in [1.29, 1.82) is 5.41 Å². The molecule has 1 aliphatic rings. The number of hydrogen-bond acceptors (Lipinski definition) is 5.